The van der Waals surface area contributed by atoms with Gasteiger partial charge in [-0.15, -0.1) is 0 Å². The molecule has 1 aliphatic rings. The van der Waals surface area contributed by atoms with Crippen LogP contribution in [0.25, 0.3) is 0 Å². The first-order valence-corrected chi connectivity index (χ1v) is 6.51. The Balaban J connectivity index is 1.98. The molecule has 0 spiro atoms. The van der Waals surface area contributed by atoms with E-state index in [1.54, 1.807) is 7.05 Å². The van der Waals surface area contributed by atoms with Crippen molar-refractivity contribution >= 4 is 0 Å². The Morgan fingerprint density at radius 2 is 1.75 bits per heavy atom. The van der Waals surface area contributed by atoms with Gasteiger partial charge in [0.15, 0.2) is 11.6 Å². The van der Waals surface area contributed by atoms with Gasteiger partial charge in [-0.05, 0) is 30.7 Å². The molecule has 0 aliphatic heterocycles. The standard InChI is InChI=1S/C16H14F3N/c1-20-16(11-6-9-4-2-3-5-10(9)11)12-7-14(18)15(19)8-13(12)17/h2-5,7-8,11,16,20H,6H2,1H3. The van der Waals surface area contributed by atoms with Crippen LogP contribution in [0, 0.1) is 17.5 Å². The third kappa shape index (κ3) is 2.00. The lowest BCUT2D eigenvalue weighted by molar-refractivity contribution is 0.413. The summed E-state index contributed by atoms with van der Waals surface area (Å²) in [5, 5.41) is 3.02. The highest BCUT2D eigenvalue weighted by molar-refractivity contribution is 5.43. The van der Waals surface area contributed by atoms with Crippen molar-refractivity contribution in [2.75, 3.05) is 7.05 Å². The molecule has 0 radical (unpaired) electrons. The van der Waals surface area contributed by atoms with Gasteiger partial charge < -0.3 is 5.32 Å². The van der Waals surface area contributed by atoms with Crippen molar-refractivity contribution < 1.29 is 13.2 Å². The number of fused-ring (bicyclic) bond motifs is 1. The van der Waals surface area contributed by atoms with Crippen molar-refractivity contribution in [1.82, 2.24) is 5.32 Å². The number of likely N-dealkylation sites (N-methyl/N-ethyl adjacent to an activating group) is 1. The molecule has 1 N–H and O–H groups in total. The molecule has 1 nitrogen and oxygen atoms in total. The number of hydrogen-bond donors (Lipinski definition) is 1. The lowest BCUT2D eigenvalue weighted by atomic mass is 9.71. The van der Waals surface area contributed by atoms with Gasteiger partial charge in [-0.25, -0.2) is 13.2 Å². The first-order valence-electron chi connectivity index (χ1n) is 6.51. The SMILES string of the molecule is CNC(c1cc(F)c(F)cc1F)C1Cc2ccccc21. The Morgan fingerprint density at radius 3 is 2.45 bits per heavy atom. The van der Waals surface area contributed by atoms with Crippen molar-refractivity contribution in [1.29, 1.82) is 0 Å². The average Bonchev–Trinajstić information content (AvgIpc) is 2.41. The van der Waals surface area contributed by atoms with E-state index < -0.39 is 17.5 Å². The molecule has 0 bridgehead atoms. The zero-order valence-electron chi connectivity index (χ0n) is 11.0. The molecule has 104 valence electrons. The number of nitrogens with one attached hydrogen (secondary N) is 1. The van der Waals surface area contributed by atoms with Crippen LogP contribution in [-0.2, 0) is 6.42 Å². The maximum atomic E-state index is 13.9. The second-order valence-electron chi connectivity index (χ2n) is 5.06. The third-order valence-electron chi connectivity index (χ3n) is 3.98. The van der Waals surface area contributed by atoms with Gasteiger partial charge in [0, 0.05) is 23.6 Å². The lowest BCUT2D eigenvalue weighted by Gasteiger charge is -2.36. The van der Waals surface area contributed by atoms with Crippen LogP contribution in [-0.4, -0.2) is 7.05 Å². The molecule has 4 heteroatoms. The number of hydrogen-bond acceptors (Lipinski definition) is 1. The molecule has 1 aliphatic carbocycles. The monoisotopic (exact) mass is 277 g/mol. The van der Waals surface area contributed by atoms with Gasteiger partial charge in [0.25, 0.3) is 0 Å². The number of benzene rings is 2. The molecule has 0 fully saturated rings. The minimum absolute atomic E-state index is 0.0792. The Labute approximate surface area is 115 Å². The minimum Gasteiger partial charge on any atom is -0.312 e. The zero-order chi connectivity index (χ0) is 14.3. The van der Waals surface area contributed by atoms with E-state index in [2.05, 4.69) is 5.32 Å². The molecule has 2 atom stereocenters. The largest absolute Gasteiger partial charge is 0.312 e. The van der Waals surface area contributed by atoms with E-state index in [1.165, 1.54) is 5.56 Å². The first kappa shape index (κ1) is 13.2. The summed E-state index contributed by atoms with van der Waals surface area (Å²) in [6, 6.07) is 9.11. The van der Waals surface area contributed by atoms with Crippen molar-refractivity contribution in [3.63, 3.8) is 0 Å². The lowest BCUT2D eigenvalue weighted by Crippen LogP contribution is -2.32. The van der Waals surface area contributed by atoms with Crippen LogP contribution in [0.5, 0.6) is 0 Å². The zero-order valence-corrected chi connectivity index (χ0v) is 11.0. The van der Waals surface area contributed by atoms with Crippen LogP contribution in [0.4, 0.5) is 13.2 Å². The van der Waals surface area contributed by atoms with E-state index in [1.807, 2.05) is 24.3 Å². The fourth-order valence-corrected chi connectivity index (χ4v) is 2.94. The summed E-state index contributed by atoms with van der Waals surface area (Å²) in [5.74, 6) is -2.81. The van der Waals surface area contributed by atoms with Crippen LogP contribution >= 0.6 is 0 Å². The third-order valence-corrected chi connectivity index (χ3v) is 3.98. The van der Waals surface area contributed by atoms with Crippen LogP contribution in [0.15, 0.2) is 36.4 Å². The summed E-state index contributed by atoms with van der Waals surface area (Å²) < 4.78 is 40.3. The van der Waals surface area contributed by atoms with Gasteiger partial charge >= 0.3 is 0 Å². The molecule has 2 aromatic rings. The average molecular weight is 277 g/mol. The number of rotatable bonds is 3. The summed E-state index contributed by atoms with van der Waals surface area (Å²) in [5.41, 5.74) is 2.53. The predicted molar refractivity (Wildman–Crippen MR) is 71.0 cm³/mol. The Bertz CT molecular complexity index is 654. The van der Waals surface area contributed by atoms with Gasteiger partial charge in [-0.2, -0.15) is 0 Å². The molecule has 2 unspecified atom stereocenters. The fraction of sp³-hybridized carbons (Fsp3) is 0.250. The summed E-state index contributed by atoms with van der Waals surface area (Å²) >= 11 is 0. The molecule has 3 rings (SSSR count). The van der Waals surface area contributed by atoms with E-state index in [0.717, 1.165) is 18.1 Å². The normalized spacial score (nSPS) is 18.3. The fourth-order valence-electron chi connectivity index (χ4n) is 2.94. The van der Waals surface area contributed by atoms with Crippen LogP contribution < -0.4 is 5.32 Å². The highest BCUT2D eigenvalue weighted by Crippen LogP contribution is 2.43. The quantitative estimate of drug-likeness (QED) is 0.843. The number of halogens is 3. The molecule has 20 heavy (non-hydrogen) atoms. The second kappa shape index (κ2) is 4.94. The maximum absolute atomic E-state index is 13.9. The highest BCUT2D eigenvalue weighted by atomic mass is 19.2. The summed E-state index contributed by atoms with van der Waals surface area (Å²) in [6.45, 7) is 0. The molecule has 0 saturated heterocycles. The maximum Gasteiger partial charge on any atom is 0.161 e. The summed E-state index contributed by atoms with van der Waals surface area (Å²) in [4.78, 5) is 0. The molecule has 2 aromatic carbocycles. The summed E-state index contributed by atoms with van der Waals surface area (Å²) in [6.07, 6.45) is 0.806. The molecule has 0 heterocycles. The van der Waals surface area contributed by atoms with Gasteiger partial charge in [0.2, 0.25) is 0 Å². The van der Waals surface area contributed by atoms with E-state index in [9.17, 15) is 13.2 Å². The second-order valence-corrected chi connectivity index (χ2v) is 5.06. The Kier molecular flexibility index (Phi) is 3.26. The first-order chi connectivity index (χ1) is 9.61. The van der Waals surface area contributed by atoms with E-state index in [4.69, 9.17) is 0 Å². The molecular weight excluding hydrogens is 263 g/mol. The van der Waals surface area contributed by atoms with E-state index >= 15 is 0 Å². The smallest absolute Gasteiger partial charge is 0.161 e. The Morgan fingerprint density at radius 1 is 1.05 bits per heavy atom. The predicted octanol–water partition coefficient (Wildman–Crippen LogP) is 3.70. The van der Waals surface area contributed by atoms with Crippen molar-refractivity contribution in [3.8, 4) is 0 Å². The molecule has 0 saturated carbocycles. The van der Waals surface area contributed by atoms with Crippen LogP contribution in [0.2, 0.25) is 0 Å². The topological polar surface area (TPSA) is 12.0 Å². The minimum atomic E-state index is -1.16. The van der Waals surface area contributed by atoms with Crippen molar-refractivity contribution in [2.24, 2.45) is 0 Å². The molecule has 0 aromatic heterocycles. The Hall–Kier alpha value is -1.81. The summed E-state index contributed by atoms with van der Waals surface area (Å²) in [7, 11) is 1.70. The van der Waals surface area contributed by atoms with Crippen LogP contribution in [0.3, 0.4) is 0 Å². The highest BCUT2D eigenvalue weighted by Gasteiger charge is 2.34. The van der Waals surface area contributed by atoms with Gasteiger partial charge in [0.05, 0.1) is 0 Å². The van der Waals surface area contributed by atoms with Gasteiger partial charge in [0.1, 0.15) is 5.82 Å². The van der Waals surface area contributed by atoms with E-state index in [-0.39, 0.29) is 17.5 Å². The molecular formula is C16H14F3N. The van der Waals surface area contributed by atoms with Gasteiger partial charge in [-0.1, -0.05) is 24.3 Å². The van der Waals surface area contributed by atoms with Gasteiger partial charge in [-0.3, -0.25) is 0 Å². The van der Waals surface area contributed by atoms with Crippen LogP contribution in [0.1, 0.15) is 28.7 Å². The van der Waals surface area contributed by atoms with Crippen molar-refractivity contribution in [2.45, 2.75) is 18.4 Å². The molecule has 0 amide bonds. The van der Waals surface area contributed by atoms with Crippen molar-refractivity contribution in [3.05, 3.63) is 70.5 Å². The van der Waals surface area contributed by atoms with E-state index in [0.29, 0.717) is 6.07 Å².